The molecule has 0 aromatic rings. The number of hydrogen-bond acceptors (Lipinski definition) is 2. The van der Waals surface area contributed by atoms with Crippen molar-refractivity contribution in [1.29, 1.82) is 0 Å². The zero-order chi connectivity index (χ0) is 6.97. The van der Waals surface area contributed by atoms with E-state index in [2.05, 4.69) is 5.32 Å². The molecule has 0 saturated carbocycles. The zero-order valence-corrected chi connectivity index (χ0v) is 5.75. The fourth-order valence-corrected chi connectivity index (χ4v) is 1.60. The van der Waals surface area contributed by atoms with Crippen LogP contribution >= 0.6 is 0 Å². The Kier molecular flexibility index (Phi) is 1.27. The summed E-state index contributed by atoms with van der Waals surface area (Å²) in [5, 5.41) is 12.7. The molecule has 10 heavy (non-hydrogen) atoms. The zero-order valence-electron chi connectivity index (χ0n) is 5.75. The third kappa shape index (κ3) is 0.762. The Balaban J connectivity index is 2.25. The average molecular weight is 137 g/mol. The Morgan fingerprint density at radius 1 is 1.60 bits per heavy atom. The van der Waals surface area contributed by atoms with Crippen LogP contribution in [0.3, 0.4) is 0 Å². The molecule has 2 atom stereocenters. The first kappa shape index (κ1) is 5.98. The molecule has 2 rings (SSSR count). The third-order valence-electron chi connectivity index (χ3n) is 2.18. The van der Waals surface area contributed by atoms with Crippen LogP contribution in [-0.2, 0) is 0 Å². The van der Waals surface area contributed by atoms with E-state index in [1.165, 1.54) is 5.70 Å². The second-order valence-electron chi connectivity index (χ2n) is 2.82. The lowest BCUT2D eigenvalue weighted by Gasteiger charge is -2.17. The number of rotatable bonds is 0. The molecule has 1 aliphatic heterocycles. The van der Waals surface area contributed by atoms with Gasteiger partial charge in [0.2, 0.25) is 0 Å². The highest BCUT2D eigenvalue weighted by Crippen LogP contribution is 2.26. The SMILES string of the molecule is OC1C=CC=C2NCCC21. The van der Waals surface area contributed by atoms with Gasteiger partial charge >= 0.3 is 0 Å². The molecular weight excluding hydrogens is 126 g/mol. The lowest BCUT2D eigenvalue weighted by Crippen LogP contribution is -2.20. The minimum absolute atomic E-state index is 0.255. The maximum Gasteiger partial charge on any atom is 0.0807 e. The summed E-state index contributed by atoms with van der Waals surface area (Å²) in [4.78, 5) is 0. The molecule has 1 saturated heterocycles. The molecule has 0 spiro atoms. The van der Waals surface area contributed by atoms with Crippen molar-refractivity contribution in [1.82, 2.24) is 5.32 Å². The fraction of sp³-hybridized carbons (Fsp3) is 0.500. The van der Waals surface area contributed by atoms with Gasteiger partial charge in [-0.1, -0.05) is 12.2 Å². The van der Waals surface area contributed by atoms with Gasteiger partial charge in [0.15, 0.2) is 0 Å². The Bertz CT molecular complexity index is 195. The molecule has 2 heteroatoms. The van der Waals surface area contributed by atoms with Gasteiger partial charge in [0.1, 0.15) is 0 Å². The molecule has 2 nitrogen and oxygen atoms in total. The van der Waals surface area contributed by atoms with Gasteiger partial charge in [-0.2, -0.15) is 0 Å². The van der Waals surface area contributed by atoms with Crippen LogP contribution in [0.4, 0.5) is 0 Å². The molecule has 2 unspecified atom stereocenters. The Hall–Kier alpha value is -0.760. The number of nitrogens with one attached hydrogen (secondary N) is 1. The number of fused-ring (bicyclic) bond motifs is 1. The Morgan fingerprint density at radius 3 is 3.30 bits per heavy atom. The predicted molar refractivity (Wildman–Crippen MR) is 39.3 cm³/mol. The van der Waals surface area contributed by atoms with Gasteiger partial charge in [0.25, 0.3) is 0 Å². The van der Waals surface area contributed by atoms with Gasteiger partial charge in [-0.3, -0.25) is 0 Å². The minimum atomic E-state index is -0.255. The van der Waals surface area contributed by atoms with E-state index in [1.54, 1.807) is 0 Å². The molecule has 0 amide bonds. The highest BCUT2D eigenvalue weighted by Gasteiger charge is 2.27. The summed E-state index contributed by atoms with van der Waals surface area (Å²) in [5.41, 5.74) is 1.20. The van der Waals surface area contributed by atoms with Crippen LogP contribution in [0.1, 0.15) is 6.42 Å². The van der Waals surface area contributed by atoms with Crippen molar-refractivity contribution in [3.05, 3.63) is 23.9 Å². The molecule has 0 aromatic heterocycles. The lowest BCUT2D eigenvalue weighted by atomic mass is 9.94. The summed E-state index contributed by atoms with van der Waals surface area (Å²) in [6, 6.07) is 0. The average Bonchev–Trinajstić information content (AvgIpc) is 2.36. The van der Waals surface area contributed by atoms with Crippen molar-refractivity contribution in [2.24, 2.45) is 5.92 Å². The number of aliphatic hydroxyl groups excluding tert-OH is 1. The van der Waals surface area contributed by atoms with Gasteiger partial charge in [-0.15, -0.1) is 0 Å². The smallest absolute Gasteiger partial charge is 0.0807 e. The van der Waals surface area contributed by atoms with Gasteiger partial charge < -0.3 is 10.4 Å². The summed E-state index contributed by atoms with van der Waals surface area (Å²) in [6.45, 7) is 1.01. The van der Waals surface area contributed by atoms with Crippen molar-refractivity contribution >= 4 is 0 Å². The molecule has 0 radical (unpaired) electrons. The normalized spacial score (nSPS) is 36.7. The monoisotopic (exact) mass is 137 g/mol. The first-order valence-corrected chi connectivity index (χ1v) is 3.68. The highest BCUT2D eigenvalue weighted by atomic mass is 16.3. The minimum Gasteiger partial charge on any atom is -0.388 e. The van der Waals surface area contributed by atoms with E-state index in [0.29, 0.717) is 5.92 Å². The largest absolute Gasteiger partial charge is 0.388 e. The molecule has 54 valence electrons. The van der Waals surface area contributed by atoms with Crippen molar-refractivity contribution < 1.29 is 5.11 Å². The maximum atomic E-state index is 9.41. The van der Waals surface area contributed by atoms with Crippen LogP contribution < -0.4 is 5.32 Å². The second kappa shape index (κ2) is 2.13. The van der Waals surface area contributed by atoms with E-state index in [4.69, 9.17) is 0 Å². The van der Waals surface area contributed by atoms with E-state index < -0.39 is 0 Å². The van der Waals surface area contributed by atoms with Crippen molar-refractivity contribution in [3.8, 4) is 0 Å². The molecule has 2 N–H and O–H groups in total. The summed E-state index contributed by atoms with van der Waals surface area (Å²) in [5.74, 6) is 0.352. The predicted octanol–water partition coefficient (Wildman–Crippen LogP) is 0.410. The standard InChI is InChI=1S/C8H11NO/c10-8-3-1-2-7-6(8)4-5-9-7/h1-3,6,8-10H,4-5H2. The van der Waals surface area contributed by atoms with Crippen LogP contribution in [0.5, 0.6) is 0 Å². The summed E-state index contributed by atoms with van der Waals surface area (Å²) >= 11 is 0. The molecule has 1 heterocycles. The van der Waals surface area contributed by atoms with Gasteiger partial charge in [-0.05, 0) is 12.5 Å². The third-order valence-corrected chi connectivity index (χ3v) is 2.18. The van der Waals surface area contributed by atoms with E-state index in [9.17, 15) is 5.11 Å². The van der Waals surface area contributed by atoms with E-state index in [0.717, 1.165) is 13.0 Å². The van der Waals surface area contributed by atoms with Crippen LogP contribution in [0.25, 0.3) is 0 Å². The van der Waals surface area contributed by atoms with Gasteiger partial charge in [0.05, 0.1) is 6.10 Å². The van der Waals surface area contributed by atoms with Crippen LogP contribution in [0, 0.1) is 5.92 Å². The topological polar surface area (TPSA) is 32.3 Å². The van der Waals surface area contributed by atoms with E-state index >= 15 is 0 Å². The van der Waals surface area contributed by atoms with Gasteiger partial charge in [0, 0.05) is 18.2 Å². The first-order chi connectivity index (χ1) is 4.88. The summed E-state index contributed by atoms with van der Waals surface area (Å²) in [7, 11) is 0. The fourth-order valence-electron chi connectivity index (χ4n) is 1.60. The Morgan fingerprint density at radius 2 is 2.50 bits per heavy atom. The number of aliphatic hydroxyl groups is 1. The van der Waals surface area contributed by atoms with Crippen LogP contribution in [0.15, 0.2) is 23.9 Å². The second-order valence-corrected chi connectivity index (χ2v) is 2.82. The summed E-state index contributed by atoms with van der Waals surface area (Å²) < 4.78 is 0. The van der Waals surface area contributed by atoms with E-state index in [1.807, 2.05) is 18.2 Å². The molecule has 1 fully saturated rings. The number of allylic oxidation sites excluding steroid dienone is 2. The molecule has 2 aliphatic rings. The summed E-state index contributed by atoms with van der Waals surface area (Å²) in [6.07, 6.45) is 6.62. The van der Waals surface area contributed by atoms with Crippen molar-refractivity contribution in [3.63, 3.8) is 0 Å². The Labute approximate surface area is 60.2 Å². The van der Waals surface area contributed by atoms with Crippen molar-refractivity contribution in [2.45, 2.75) is 12.5 Å². The maximum absolute atomic E-state index is 9.41. The quantitative estimate of drug-likeness (QED) is 0.507. The number of hydrogen-bond donors (Lipinski definition) is 2. The highest BCUT2D eigenvalue weighted by molar-refractivity contribution is 5.25. The lowest BCUT2D eigenvalue weighted by molar-refractivity contribution is 0.172. The van der Waals surface area contributed by atoms with Crippen LogP contribution in [0.2, 0.25) is 0 Å². The van der Waals surface area contributed by atoms with E-state index in [-0.39, 0.29) is 6.10 Å². The molecule has 0 bridgehead atoms. The van der Waals surface area contributed by atoms with Crippen LogP contribution in [-0.4, -0.2) is 17.8 Å². The van der Waals surface area contributed by atoms with Crippen molar-refractivity contribution in [2.75, 3.05) is 6.54 Å². The first-order valence-electron chi connectivity index (χ1n) is 3.68. The molecule has 0 aromatic carbocycles. The molecule has 1 aliphatic carbocycles. The molecular formula is C8H11NO. The van der Waals surface area contributed by atoms with Gasteiger partial charge in [-0.25, -0.2) is 0 Å².